The number of benzene rings is 2. The molecule has 7 nitrogen and oxygen atoms in total. The lowest BCUT2D eigenvalue weighted by Crippen LogP contribution is -2.39. The summed E-state index contributed by atoms with van der Waals surface area (Å²) < 4.78 is 11.2. The summed E-state index contributed by atoms with van der Waals surface area (Å²) >= 11 is 0. The van der Waals surface area contributed by atoms with Crippen LogP contribution in [0, 0.1) is 0 Å². The first-order chi connectivity index (χ1) is 17.6. The predicted octanol–water partition coefficient (Wildman–Crippen LogP) is 4.18. The highest BCUT2D eigenvalue weighted by molar-refractivity contribution is 6.14. The summed E-state index contributed by atoms with van der Waals surface area (Å²) in [4.78, 5) is 30.5. The Morgan fingerprint density at radius 1 is 1.11 bits per heavy atom. The van der Waals surface area contributed by atoms with Crippen LogP contribution in [0.5, 0.6) is 5.75 Å². The molecule has 0 radical (unpaired) electrons. The number of aliphatic hydroxyl groups is 1. The van der Waals surface area contributed by atoms with Gasteiger partial charge < -0.3 is 19.5 Å². The molecule has 36 heavy (non-hydrogen) atoms. The van der Waals surface area contributed by atoms with Crippen LogP contribution in [0.15, 0.2) is 72.0 Å². The van der Waals surface area contributed by atoms with Gasteiger partial charge in [0.25, 0.3) is 5.91 Å². The van der Waals surface area contributed by atoms with Gasteiger partial charge in [-0.1, -0.05) is 55.5 Å². The Bertz CT molecular complexity index is 1110. The van der Waals surface area contributed by atoms with Crippen LogP contribution in [-0.2, 0) is 14.3 Å². The normalized spacial score (nSPS) is 18.9. The second kappa shape index (κ2) is 12.5. The van der Waals surface area contributed by atoms with Crippen molar-refractivity contribution in [1.82, 2.24) is 9.80 Å². The molecular weight excluding hydrogens is 456 g/mol. The molecule has 1 atom stereocenters. The number of amides is 1. The molecule has 4 rings (SSSR count). The van der Waals surface area contributed by atoms with Crippen molar-refractivity contribution in [3.63, 3.8) is 0 Å². The Balaban J connectivity index is 1.59. The van der Waals surface area contributed by atoms with Crippen LogP contribution in [0.2, 0.25) is 0 Å². The second-order valence-electron chi connectivity index (χ2n) is 9.00. The maximum absolute atomic E-state index is 13.3. The number of ketones is 1. The lowest BCUT2D eigenvalue weighted by Gasteiger charge is -2.30. The molecule has 0 bridgehead atoms. The van der Waals surface area contributed by atoms with Gasteiger partial charge in [-0.05, 0) is 42.2 Å². The Morgan fingerprint density at radius 3 is 2.64 bits per heavy atom. The number of hydrogen-bond donors (Lipinski definition) is 1. The quantitative estimate of drug-likeness (QED) is 0.476. The number of nitrogens with zero attached hydrogens (tertiary/aromatic N) is 2. The molecule has 190 valence electrons. The number of allylic oxidation sites excluding steroid dienone is 1. The lowest BCUT2D eigenvalue weighted by atomic mass is 9.95. The summed E-state index contributed by atoms with van der Waals surface area (Å²) in [5.41, 5.74) is 1.71. The summed E-state index contributed by atoms with van der Waals surface area (Å²) in [6.45, 7) is 7.00. The van der Waals surface area contributed by atoms with E-state index in [0.29, 0.717) is 32.1 Å². The molecule has 1 unspecified atom stereocenters. The van der Waals surface area contributed by atoms with Gasteiger partial charge in [0.05, 0.1) is 31.4 Å². The highest BCUT2D eigenvalue weighted by Gasteiger charge is 2.42. The summed E-state index contributed by atoms with van der Waals surface area (Å²) in [5, 5.41) is 10.9. The molecule has 0 saturated carbocycles. The first-order valence-electron chi connectivity index (χ1n) is 12.6. The topological polar surface area (TPSA) is 79.3 Å². The molecule has 2 aliphatic rings. The van der Waals surface area contributed by atoms with Gasteiger partial charge in [-0.2, -0.15) is 0 Å². The van der Waals surface area contributed by atoms with Crippen molar-refractivity contribution in [1.29, 1.82) is 0 Å². The van der Waals surface area contributed by atoms with Gasteiger partial charge in [0, 0.05) is 26.2 Å². The Morgan fingerprint density at radius 2 is 1.89 bits per heavy atom. The molecule has 1 amide bonds. The van der Waals surface area contributed by atoms with E-state index in [1.807, 2.05) is 61.5 Å². The SMILES string of the molecule is CCCOc1cccc(C2C(C(=O)/C=C/c3ccccc3)=C(O)C(=O)N2CCCN2CCOCC2)c1. The van der Waals surface area contributed by atoms with Gasteiger partial charge in [-0.25, -0.2) is 0 Å². The summed E-state index contributed by atoms with van der Waals surface area (Å²) in [6, 6.07) is 16.2. The van der Waals surface area contributed by atoms with Gasteiger partial charge >= 0.3 is 0 Å². The lowest BCUT2D eigenvalue weighted by molar-refractivity contribution is -0.129. The monoisotopic (exact) mass is 490 g/mol. The maximum Gasteiger partial charge on any atom is 0.290 e. The Kier molecular flexibility index (Phi) is 8.92. The minimum atomic E-state index is -0.680. The number of aliphatic hydroxyl groups excluding tert-OH is 1. The third-order valence-electron chi connectivity index (χ3n) is 6.42. The third-order valence-corrected chi connectivity index (χ3v) is 6.42. The van der Waals surface area contributed by atoms with Crippen molar-refractivity contribution in [2.75, 3.05) is 46.0 Å². The van der Waals surface area contributed by atoms with Gasteiger partial charge in [0.15, 0.2) is 11.5 Å². The summed E-state index contributed by atoms with van der Waals surface area (Å²) in [7, 11) is 0. The first kappa shape index (κ1) is 25.7. The molecule has 7 heteroatoms. The van der Waals surface area contributed by atoms with E-state index in [9.17, 15) is 14.7 Å². The minimum absolute atomic E-state index is 0.103. The van der Waals surface area contributed by atoms with Crippen LogP contribution >= 0.6 is 0 Å². The van der Waals surface area contributed by atoms with Crippen LogP contribution in [0.25, 0.3) is 6.08 Å². The summed E-state index contributed by atoms with van der Waals surface area (Å²) in [5.74, 6) is -0.703. The summed E-state index contributed by atoms with van der Waals surface area (Å²) in [6.07, 6.45) is 4.72. The number of rotatable bonds is 11. The van der Waals surface area contributed by atoms with Crippen molar-refractivity contribution < 1.29 is 24.2 Å². The van der Waals surface area contributed by atoms with E-state index in [1.54, 1.807) is 11.0 Å². The smallest absolute Gasteiger partial charge is 0.290 e. The fraction of sp³-hybridized carbons (Fsp3) is 0.379. The highest BCUT2D eigenvalue weighted by Crippen LogP contribution is 2.39. The maximum atomic E-state index is 13.3. The van der Waals surface area contributed by atoms with E-state index in [2.05, 4.69) is 4.90 Å². The van der Waals surface area contributed by atoms with Gasteiger partial charge in [0.2, 0.25) is 0 Å². The fourth-order valence-corrected chi connectivity index (χ4v) is 4.59. The zero-order valence-corrected chi connectivity index (χ0v) is 20.8. The van der Waals surface area contributed by atoms with E-state index in [4.69, 9.17) is 9.47 Å². The van der Waals surface area contributed by atoms with Gasteiger partial charge in [0.1, 0.15) is 5.75 Å². The van der Waals surface area contributed by atoms with Crippen LogP contribution in [0.1, 0.15) is 36.9 Å². The molecule has 2 aromatic rings. The fourth-order valence-electron chi connectivity index (χ4n) is 4.59. The molecule has 1 fully saturated rings. The van der Waals surface area contributed by atoms with E-state index in [-0.39, 0.29) is 11.4 Å². The largest absolute Gasteiger partial charge is 0.503 e. The molecule has 1 saturated heterocycles. The van der Waals surface area contributed by atoms with Gasteiger partial charge in [-0.3, -0.25) is 14.5 Å². The van der Waals surface area contributed by atoms with Gasteiger partial charge in [-0.15, -0.1) is 0 Å². The zero-order chi connectivity index (χ0) is 25.3. The average molecular weight is 491 g/mol. The van der Waals surface area contributed by atoms with Crippen molar-refractivity contribution in [3.8, 4) is 5.75 Å². The predicted molar refractivity (Wildman–Crippen MR) is 139 cm³/mol. The Hall–Kier alpha value is -3.42. The van der Waals surface area contributed by atoms with E-state index in [1.165, 1.54) is 6.08 Å². The number of carbonyl (C=O) groups excluding carboxylic acids is 2. The van der Waals surface area contributed by atoms with E-state index in [0.717, 1.165) is 43.6 Å². The molecule has 0 aromatic heterocycles. The number of carbonyl (C=O) groups is 2. The van der Waals surface area contributed by atoms with E-state index >= 15 is 0 Å². The molecule has 1 N–H and O–H groups in total. The van der Waals surface area contributed by atoms with E-state index < -0.39 is 17.7 Å². The number of morpholine rings is 1. The number of hydrogen-bond acceptors (Lipinski definition) is 6. The van der Waals surface area contributed by atoms with Crippen LogP contribution in [-0.4, -0.2) is 72.6 Å². The first-order valence-corrected chi connectivity index (χ1v) is 12.6. The standard InChI is InChI=1S/C29H34N2O5/c1-2-18-36-24-11-6-10-23(21-24)27-26(25(32)13-12-22-8-4-3-5-9-22)28(33)29(34)31(27)15-7-14-30-16-19-35-20-17-30/h3-6,8-13,21,27,33H,2,7,14-20H2,1H3/b13-12+. The highest BCUT2D eigenvalue weighted by atomic mass is 16.5. The van der Waals surface area contributed by atoms with Crippen LogP contribution in [0.4, 0.5) is 0 Å². The molecule has 2 aliphatic heterocycles. The van der Waals surface area contributed by atoms with Crippen molar-refractivity contribution in [3.05, 3.63) is 83.1 Å². The van der Waals surface area contributed by atoms with Crippen LogP contribution in [0.3, 0.4) is 0 Å². The molecule has 2 aromatic carbocycles. The van der Waals surface area contributed by atoms with Crippen molar-refractivity contribution >= 4 is 17.8 Å². The zero-order valence-electron chi connectivity index (χ0n) is 20.8. The second-order valence-corrected chi connectivity index (χ2v) is 9.00. The average Bonchev–Trinajstić information content (AvgIpc) is 3.17. The van der Waals surface area contributed by atoms with Crippen molar-refractivity contribution in [2.24, 2.45) is 0 Å². The Labute approximate surface area is 212 Å². The number of ether oxygens (including phenoxy) is 2. The molecular formula is C29H34N2O5. The molecule has 2 heterocycles. The minimum Gasteiger partial charge on any atom is -0.503 e. The molecule has 0 spiro atoms. The van der Waals surface area contributed by atoms with Crippen molar-refractivity contribution in [2.45, 2.75) is 25.8 Å². The third kappa shape index (κ3) is 6.22. The molecule has 0 aliphatic carbocycles. The van der Waals surface area contributed by atoms with Crippen LogP contribution < -0.4 is 4.74 Å².